The zero-order valence-electron chi connectivity index (χ0n) is 16.7. The fourth-order valence-electron chi connectivity index (χ4n) is 2.28. The number of ether oxygens (including phenoxy) is 2. The molecule has 1 atom stereocenters. The van der Waals surface area contributed by atoms with Crippen LogP contribution >= 0.6 is 11.8 Å². The van der Waals surface area contributed by atoms with Crippen LogP contribution in [0.3, 0.4) is 0 Å². The molecule has 5 nitrogen and oxygen atoms in total. The highest BCUT2D eigenvalue weighted by Crippen LogP contribution is 2.15. The largest absolute Gasteiger partial charge is 0.466 e. The van der Waals surface area contributed by atoms with E-state index in [-0.39, 0.29) is 17.9 Å². The average Bonchev–Trinajstić information content (AvgIpc) is 2.54. The van der Waals surface area contributed by atoms with E-state index in [1.165, 1.54) is 0 Å². The maximum Gasteiger partial charge on any atom is 0.311 e. The molecule has 0 radical (unpaired) electrons. The van der Waals surface area contributed by atoms with Crippen molar-refractivity contribution in [1.82, 2.24) is 4.90 Å². The summed E-state index contributed by atoms with van der Waals surface area (Å²) < 4.78 is 10.3. The molecule has 0 saturated heterocycles. The molecule has 0 bridgehead atoms. The van der Waals surface area contributed by atoms with E-state index in [9.17, 15) is 9.59 Å². The van der Waals surface area contributed by atoms with E-state index >= 15 is 0 Å². The maximum absolute atomic E-state index is 11.9. The number of nitrogens with zero attached hydrogens (tertiary/aromatic N) is 1. The first-order valence-corrected chi connectivity index (χ1v) is 10.6. The third-order valence-electron chi connectivity index (χ3n) is 3.52. The molecule has 0 saturated carbocycles. The molecule has 0 rings (SSSR count). The number of carbonyl (C=O) groups is 2. The summed E-state index contributed by atoms with van der Waals surface area (Å²) in [4.78, 5) is 25.5. The van der Waals surface area contributed by atoms with Gasteiger partial charge in [0, 0.05) is 18.7 Å². The van der Waals surface area contributed by atoms with E-state index in [4.69, 9.17) is 9.47 Å². The molecule has 0 aliphatic carbocycles. The van der Waals surface area contributed by atoms with Crippen LogP contribution in [0.15, 0.2) is 0 Å². The average molecular weight is 376 g/mol. The van der Waals surface area contributed by atoms with Gasteiger partial charge in [0.15, 0.2) is 0 Å². The zero-order chi connectivity index (χ0) is 19.1. The highest BCUT2D eigenvalue weighted by molar-refractivity contribution is 7.99. The Labute approximate surface area is 158 Å². The van der Waals surface area contributed by atoms with E-state index in [2.05, 4.69) is 0 Å². The SMILES string of the molecule is CCOC(=O)C(CSCCCCCCC(=O)OCC(C)C)CN(C)C. The Morgan fingerprint density at radius 1 is 1.04 bits per heavy atom. The molecule has 6 heteroatoms. The Morgan fingerprint density at radius 2 is 1.72 bits per heavy atom. The highest BCUT2D eigenvalue weighted by atomic mass is 32.2. The Balaban J connectivity index is 3.68. The molecule has 0 aromatic carbocycles. The Kier molecular flexibility index (Phi) is 15.0. The third-order valence-corrected chi connectivity index (χ3v) is 4.74. The standard InChI is InChI=1S/C19H37NO4S/c1-6-23-19(22)17(13-20(4)5)15-25-12-10-8-7-9-11-18(21)24-14-16(2)3/h16-17H,6-15H2,1-5H3. The quantitative estimate of drug-likeness (QED) is 0.322. The molecule has 0 fully saturated rings. The molecule has 0 heterocycles. The van der Waals surface area contributed by atoms with E-state index in [1.54, 1.807) is 0 Å². The first-order chi connectivity index (χ1) is 11.9. The lowest BCUT2D eigenvalue weighted by molar-refractivity contribution is -0.147. The highest BCUT2D eigenvalue weighted by Gasteiger charge is 2.20. The summed E-state index contributed by atoms with van der Waals surface area (Å²) in [6.07, 6.45) is 4.70. The number of hydrogen-bond donors (Lipinski definition) is 0. The first kappa shape index (κ1) is 24.2. The maximum atomic E-state index is 11.9. The zero-order valence-corrected chi connectivity index (χ0v) is 17.5. The van der Waals surface area contributed by atoms with Crippen LogP contribution < -0.4 is 0 Å². The molecule has 0 aliphatic rings. The summed E-state index contributed by atoms with van der Waals surface area (Å²) in [6.45, 7) is 7.60. The number of esters is 2. The van der Waals surface area contributed by atoms with Crippen LogP contribution in [0.5, 0.6) is 0 Å². The predicted molar refractivity (Wildman–Crippen MR) is 105 cm³/mol. The van der Waals surface area contributed by atoms with Gasteiger partial charge >= 0.3 is 11.9 Å². The van der Waals surface area contributed by atoms with Gasteiger partial charge in [-0.15, -0.1) is 0 Å². The number of unbranched alkanes of at least 4 members (excludes halogenated alkanes) is 3. The summed E-state index contributed by atoms with van der Waals surface area (Å²) >= 11 is 1.81. The lowest BCUT2D eigenvalue weighted by Gasteiger charge is -2.19. The van der Waals surface area contributed by atoms with Gasteiger partial charge in [0.05, 0.1) is 19.1 Å². The van der Waals surface area contributed by atoms with Crippen molar-refractivity contribution in [1.29, 1.82) is 0 Å². The van der Waals surface area contributed by atoms with Crippen molar-refractivity contribution in [2.24, 2.45) is 11.8 Å². The van der Waals surface area contributed by atoms with Gasteiger partial charge in [0.1, 0.15) is 0 Å². The van der Waals surface area contributed by atoms with E-state index in [0.717, 1.165) is 43.7 Å². The number of hydrogen-bond acceptors (Lipinski definition) is 6. The van der Waals surface area contributed by atoms with E-state index < -0.39 is 0 Å². The van der Waals surface area contributed by atoms with Crippen molar-refractivity contribution in [2.45, 2.75) is 52.9 Å². The van der Waals surface area contributed by atoms with Crippen molar-refractivity contribution in [2.75, 3.05) is 45.4 Å². The lowest BCUT2D eigenvalue weighted by Crippen LogP contribution is -2.31. The molecule has 0 spiro atoms. The van der Waals surface area contributed by atoms with Crippen LogP contribution in [0.25, 0.3) is 0 Å². The minimum atomic E-state index is -0.0939. The molecule has 0 aromatic heterocycles. The van der Waals surface area contributed by atoms with Gasteiger partial charge in [-0.05, 0) is 45.5 Å². The van der Waals surface area contributed by atoms with Crippen molar-refractivity contribution in [3.8, 4) is 0 Å². The van der Waals surface area contributed by atoms with Gasteiger partial charge in [0.25, 0.3) is 0 Å². The van der Waals surface area contributed by atoms with Crippen LogP contribution in [-0.4, -0.2) is 62.2 Å². The molecule has 0 aromatic rings. The lowest BCUT2D eigenvalue weighted by atomic mass is 10.1. The molecule has 0 aliphatic heterocycles. The summed E-state index contributed by atoms with van der Waals surface area (Å²) in [5, 5.41) is 0. The van der Waals surface area contributed by atoms with Gasteiger partial charge in [-0.3, -0.25) is 9.59 Å². The van der Waals surface area contributed by atoms with E-state index in [1.807, 2.05) is 51.5 Å². The van der Waals surface area contributed by atoms with Gasteiger partial charge < -0.3 is 14.4 Å². The first-order valence-electron chi connectivity index (χ1n) is 9.41. The van der Waals surface area contributed by atoms with Crippen LogP contribution in [0, 0.1) is 11.8 Å². The van der Waals surface area contributed by atoms with Crippen molar-refractivity contribution >= 4 is 23.7 Å². The molecule has 1 unspecified atom stereocenters. The predicted octanol–water partition coefficient (Wildman–Crippen LogP) is 3.61. The van der Waals surface area contributed by atoms with Crippen LogP contribution in [0.4, 0.5) is 0 Å². The summed E-state index contributed by atoms with van der Waals surface area (Å²) in [6, 6.07) is 0. The van der Waals surface area contributed by atoms with E-state index in [0.29, 0.717) is 25.6 Å². The molecule has 148 valence electrons. The molecule has 25 heavy (non-hydrogen) atoms. The molecule has 0 N–H and O–H groups in total. The number of thioether (sulfide) groups is 1. The molecular formula is C19H37NO4S. The third kappa shape index (κ3) is 15.2. The Bertz CT molecular complexity index is 361. The van der Waals surface area contributed by atoms with Gasteiger partial charge in [0.2, 0.25) is 0 Å². The van der Waals surface area contributed by atoms with Gasteiger partial charge in [-0.2, -0.15) is 11.8 Å². The second kappa shape index (κ2) is 15.5. The fraction of sp³-hybridized carbons (Fsp3) is 0.895. The van der Waals surface area contributed by atoms with Crippen molar-refractivity contribution < 1.29 is 19.1 Å². The minimum absolute atomic E-state index is 0.0596. The summed E-state index contributed by atoms with van der Waals surface area (Å²) in [5.74, 6) is 2.01. The Hall–Kier alpha value is -0.750. The summed E-state index contributed by atoms with van der Waals surface area (Å²) in [7, 11) is 3.95. The minimum Gasteiger partial charge on any atom is -0.466 e. The smallest absolute Gasteiger partial charge is 0.311 e. The van der Waals surface area contributed by atoms with Crippen LogP contribution in [0.1, 0.15) is 52.9 Å². The second-order valence-corrected chi connectivity index (χ2v) is 8.18. The Morgan fingerprint density at radius 3 is 2.32 bits per heavy atom. The molecule has 0 amide bonds. The van der Waals surface area contributed by atoms with Crippen LogP contribution in [0.2, 0.25) is 0 Å². The van der Waals surface area contributed by atoms with Crippen molar-refractivity contribution in [3.63, 3.8) is 0 Å². The van der Waals surface area contributed by atoms with Crippen LogP contribution in [-0.2, 0) is 19.1 Å². The normalized spacial score (nSPS) is 12.4. The number of rotatable bonds is 15. The van der Waals surface area contributed by atoms with Gasteiger partial charge in [-0.1, -0.05) is 26.7 Å². The molecular weight excluding hydrogens is 338 g/mol. The summed E-state index contributed by atoms with van der Waals surface area (Å²) in [5.41, 5.74) is 0. The fourth-order valence-corrected chi connectivity index (χ4v) is 3.38. The monoisotopic (exact) mass is 375 g/mol. The van der Waals surface area contributed by atoms with Crippen molar-refractivity contribution in [3.05, 3.63) is 0 Å². The number of carbonyl (C=O) groups excluding carboxylic acids is 2. The second-order valence-electron chi connectivity index (χ2n) is 7.03. The van der Waals surface area contributed by atoms with Gasteiger partial charge in [-0.25, -0.2) is 0 Å². The topological polar surface area (TPSA) is 55.8 Å².